The molecule has 3 rings (SSSR count). The van der Waals surface area contributed by atoms with Gasteiger partial charge in [0.2, 0.25) is 0 Å². The van der Waals surface area contributed by atoms with E-state index >= 15 is 0 Å². The zero-order chi connectivity index (χ0) is 9.71. The Labute approximate surface area is 89.0 Å². The molecule has 14 heavy (non-hydrogen) atoms. The minimum atomic E-state index is 0.0608. The zero-order valence-corrected chi connectivity index (χ0v) is 8.86. The van der Waals surface area contributed by atoms with Gasteiger partial charge < -0.3 is 0 Å². The average Bonchev–Trinajstić information content (AvgIpc) is 2.75. The highest BCUT2D eigenvalue weighted by molar-refractivity contribution is 7.16. The zero-order valence-electron chi connectivity index (χ0n) is 7.29. The smallest absolute Gasteiger partial charge is 0.262 e. The van der Waals surface area contributed by atoms with Crippen LogP contribution in [-0.2, 0) is 13.0 Å². The lowest BCUT2D eigenvalue weighted by Crippen LogP contribution is -2.20. The van der Waals surface area contributed by atoms with E-state index in [0.29, 0.717) is 15.2 Å². The maximum Gasteiger partial charge on any atom is 0.262 e. The molecule has 0 aromatic carbocycles. The van der Waals surface area contributed by atoms with E-state index in [1.165, 1.54) is 11.3 Å². The van der Waals surface area contributed by atoms with Gasteiger partial charge in [-0.3, -0.25) is 9.36 Å². The summed E-state index contributed by atoms with van der Waals surface area (Å²) in [6.45, 7) is 0.796. The van der Waals surface area contributed by atoms with Gasteiger partial charge in [-0.25, -0.2) is 4.98 Å². The lowest BCUT2D eigenvalue weighted by atomic mass is 10.3. The second-order valence-corrected chi connectivity index (χ2v) is 4.84. The van der Waals surface area contributed by atoms with Gasteiger partial charge in [-0.05, 0) is 6.42 Å². The predicted molar refractivity (Wildman–Crippen MR) is 57.2 cm³/mol. The van der Waals surface area contributed by atoms with E-state index in [1.54, 1.807) is 9.95 Å². The Morgan fingerprint density at radius 3 is 3.29 bits per heavy atom. The molecule has 72 valence electrons. The third kappa shape index (κ3) is 0.980. The molecule has 0 radical (unpaired) electrons. The summed E-state index contributed by atoms with van der Waals surface area (Å²) < 4.78 is 2.37. The number of aryl methyl sites for hydroxylation is 1. The Morgan fingerprint density at radius 1 is 1.57 bits per heavy atom. The minimum Gasteiger partial charge on any atom is -0.296 e. The van der Waals surface area contributed by atoms with Gasteiger partial charge in [-0.15, -0.1) is 11.3 Å². The van der Waals surface area contributed by atoms with Crippen molar-refractivity contribution in [3.05, 3.63) is 25.9 Å². The summed E-state index contributed by atoms with van der Waals surface area (Å²) in [6.07, 6.45) is 1.90. The molecule has 0 N–H and O–H groups in total. The molecular formula is C9H7ClN2OS. The topological polar surface area (TPSA) is 34.9 Å². The van der Waals surface area contributed by atoms with Crippen LogP contribution >= 0.6 is 22.9 Å². The molecule has 0 spiro atoms. The molecule has 2 aromatic heterocycles. The highest BCUT2D eigenvalue weighted by Gasteiger charge is 2.17. The number of nitrogens with zero attached hydrogens (tertiary/aromatic N) is 2. The molecule has 5 heteroatoms. The highest BCUT2D eigenvalue weighted by atomic mass is 35.5. The molecule has 0 bridgehead atoms. The molecule has 3 heterocycles. The van der Waals surface area contributed by atoms with Crippen molar-refractivity contribution < 1.29 is 0 Å². The second-order valence-electron chi connectivity index (χ2n) is 3.36. The minimum absolute atomic E-state index is 0.0608. The second kappa shape index (κ2) is 2.81. The molecule has 1 aliphatic rings. The van der Waals surface area contributed by atoms with Crippen molar-refractivity contribution in [3.63, 3.8) is 0 Å². The van der Waals surface area contributed by atoms with Crippen LogP contribution in [0.3, 0.4) is 0 Å². The van der Waals surface area contributed by atoms with E-state index < -0.39 is 0 Å². The van der Waals surface area contributed by atoms with Crippen LogP contribution in [0.2, 0.25) is 4.34 Å². The van der Waals surface area contributed by atoms with Crippen LogP contribution in [0.15, 0.2) is 10.2 Å². The summed E-state index contributed by atoms with van der Waals surface area (Å²) in [4.78, 5) is 16.3. The molecule has 3 nitrogen and oxygen atoms in total. The van der Waals surface area contributed by atoms with Crippen LogP contribution in [0.25, 0.3) is 10.9 Å². The van der Waals surface area contributed by atoms with Crippen LogP contribution in [0, 0.1) is 0 Å². The molecule has 0 amide bonds. The molecule has 2 aromatic rings. The Balaban J connectivity index is 2.52. The molecule has 0 saturated carbocycles. The van der Waals surface area contributed by atoms with E-state index in [2.05, 4.69) is 4.98 Å². The van der Waals surface area contributed by atoms with Gasteiger partial charge in [-0.1, -0.05) is 11.6 Å². The van der Waals surface area contributed by atoms with Crippen molar-refractivity contribution >= 4 is 33.8 Å². The standard InChI is InChI=1S/C9H7ClN2OS/c10-8-7-5(4-14-8)9(13)12-3-1-2-6(12)11-7/h4H,1-3H2. The van der Waals surface area contributed by atoms with E-state index in [9.17, 15) is 4.79 Å². The first-order chi connectivity index (χ1) is 6.77. The summed E-state index contributed by atoms with van der Waals surface area (Å²) in [5, 5.41) is 2.45. The number of hydrogen-bond acceptors (Lipinski definition) is 3. The molecular weight excluding hydrogens is 220 g/mol. The number of hydrogen-bond donors (Lipinski definition) is 0. The lowest BCUT2D eigenvalue weighted by Gasteiger charge is -2.01. The number of thiophene rings is 1. The normalized spacial score (nSPS) is 14.9. The van der Waals surface area contributed by atoms with Crippen molar-refractivity contribution in [2.24, 2.45) is 0 Å². The molecule has 1 aliphatic heterocycles. The van der Waals surface area contributed by atoms with Crippen LogP contribution in [0.4, 0.5) is 0 Å². The first-order valence-corrected chi connectivity index (χ1v) is 5.69. The largest absolute Gasteiger partial charge is 0.296 e. The van der Waals surface area contributed by atoms with E-state index in [-0.39, 0.29) is 5.56 Å². The summed E-state index contributed by atoms with van der Waals surface area (Å²) >= 11 is 7.33. The highest BCUT2D eigenvalue weighted by Crippen LogP contribution is 2.27. The SMILES string of the molecule is O=c1c2csc(Cl)c2nc2n1CCC2. The number of halogens is 1. The Hall–Kier alpha value is -0.870. The molecule has 0 atom stereocenters. The van der Waals surface area contributed by atoms with Crippen LogP contribution in [-0.4, -0.2) is 9.55 Å². The van der Waals surface area contributed by atoms with E-state index in [4.69, 9.17) is 11.6 Å². The predicted octanol–water partition coefficient (Wildman–Crippen LogP) is 2.06. The van der Waals surface area contributed by atoms with Gasteiger partial charge in [0.1, 0.15) is 15.7 Å². The van der Waals surface area contributed by atoms with Gasteiger partial charge in [0.25, 0.3) is 5.56 Å². The molecule has 0 unspecified atom stereocenters. The summed E-state index contributed by atoms with van der Waals surface area (Å²) in [5.74, 6) is 0.878. The maximum atomic E-state index is 11.9. The Morgan fingerprint density at radius 2 is 2.43 bits per heavy atom. The first kappa shape index (κ1) is 8.44. The fourth-order valence-corrected chi connectivity index (χ4v) is 2.83. The number of rotatable bonds is 0. The third-order valence-electron chi connectivity index (χ3n) is 2.53. The van der Waals surface area contributed by atoms with Crippen molar-refractivity contribution in [1.82, 2.24) is 9.55 Å². The fourth-order valence-electron chi connectivity index (χ4n) is 1.85. The number of fused-ring (bicyclic) bond motifs is 2. The van der Waals surface area contributed by atoms with Crippen molar-refractivity contribution in [2.45, 2.75) is 19.4 Å². The van der Waals surface area contributed by atoms with Crippen molar-refractivity contribution in [3.8, 4) is 0 Å². The van der Waals surface area contributed by atoms with E-state index in [0.717, 1.165) is 25.2 Å². The van der Waals surface area contributed by atoms with Crippen molar-refractivity contribution in [2.75, 3.05) is 0 Å². The van der Waals surface area contributed by atoms with Gasteiger partial charge in [0.05, 0.1) is 5.39 Å². The van der Waals surface area contributed by atoms with Crippen molar-refractivity contribution in [1.29, 1.82) is 0 Å². The van der Waals surface area contributed by atoms with Crippen LogP contribution in [0.5, 0.6) is 0 Å². The Kier molecular flexibility index (Phi) is 1.69. The first-order valence-electron chi connectivity index (χ1n) is 4.44. The van der Waals surface area contributed by atoms with Crippen LogP contribution in [0.1, 0.15) is 12.2 Å². The molecule has 0 aliphatic carbocycles. The van der Waals surface area contributed by atoms with Gasteiger partial charge in [0, 0.05) is 18.3 Å². The summed E-state index contributed by atoms with van der Waals surface area (Å²) in [5.41, 5.74) is 0.737. The quantitative estimate of drug-likeness (QED) is 0.689. The lowest BCUT2D eigenvalue weighted by molar-refractivity contribution is 0.719. The fraction of sp³-hybridized carbons (Fsp3) is 0.333. The monoisotopic (exact) mass is 226 g/mol. The van der Waals surface area contributed by atoms with Crippen LogP contribution < -0.4 is 5.56 Å². The maximum absolute atomic E-state index is 11.9. The summed E-state index contributed by atoms with van der Waals surface area (Å²) in [7, 11) is 0. The number of aromatic nitrogens is 2. The molecule has 0 fully saturated rings. The average molecular weight is 227 g/mol. The third-order valence-corrected chi connectivity index (χ3v) is 3.73. The van der Waals surface area contributed by atoms with Gasteiger partial charge in [0.15, 0.2) is 0 Å². The Bertz CT molecular complexity index is 572. The molecule has 0 saturated heterocycles. The summed E-state index contributed by atoms with van der Waals surface area (Å²) in [6, 6.07) is 0. The van der Waals surface area contributed by atoms with E-state index in [1.807, 2.05) is 0 Å². The van der Waals surface area contributed by atoms with Gasteiger partial charge >= 0.3 is 0 Å². The van der Waals surface area contributed by atoms with Gasteiger partial charge in [-0.2, -0.15) is 0 Å².